The van der Waals surface area contributed by atoms with Crippen molar-refractivity contribution in [2.45, 2.75) is 39.3 Å². The van der Waals surface area contributed by atoms with Gasteiger partial charge in [-0.05, 0) is 32.4 Å². The van der Waals surface area contributed by atoms with Gasteiger partial charge in [-0.25, -0.2) is 0 Å². The molecule has 0 saturated carbocycles. The zero-order chi connectivity index (χ0) is 20.3. The summed E-state index contributed by atoms with van der Waals surface area (Å²) < 4.78 is 7.25. The molecule has 9 heteroatoms. The molecular formula is C19H23N5O4. The van der Waals surface area contributed by atoms with Gasteiger partial charge in [0.05, 0.1) is 11.4 Å². The van der Waals surface area contributed by atoms with E-state index in [0.29, 0.717) is 24.5 Å². The van der Waals surface area contributed by atoms with Crippen molar-refractivity contribution < 1.29 is 19.1 Å². The number of carbonyl (C=O) groups is 3. The lowest BCUT2D eigenvalue weighted by molar-refractivity contribution is -0.143. The summed E-state index contributed by atoms with van der Waals surface area (Å²) in [5.74, 6) is -1.29. The molecule has 1 aromatic heterocycles. The molecule has 28 heavy (non-hydrogen) atoms. The fourth-order valence-electron chi connectivity index (χ4n) is 2.72. The van der Waals surface area contributed by atoms with Crippen LogP contribution in [0.4, 0.5) is 11.4 Å². The fraction of sp³-hybridized carbons (Fsp3) is 0.368. The molecule has 3 N–H and O–H groups in total. The Morgan fingerprint density at radius 3 is 2.75 bits per heavy atom. The number of fused-ring (bicyclic) bond motifs is 1. The van der Waals surface area contributed by atoms with Gasteiger partial charge in [-0.3, -0.25) is 19.1 Å². The van der Waals surface area contributed by atoms with E-state index in [1.54, 1.807) is 30.5 Å². The highest BCUT2D eigenvalue weighted by Crippen LogP contribution is 2.34. The first-order chi connectivity index (χ1) is 13.4. The molecule has 2 heterocycles. The predicted octanol–water partition coefficient (Wildman–Crippen LogP) is 1.77. The van der Waals surface area contributed by atoms with Crippen molar-refractivity contribution in [1.82, 2.24) is 15.1 Å². The lowest BCUT2D eigenvalue weighted by Crippen LogP contribution is -2.56. The first-order valence-electron chi connectivity index (χ1n) is 9.15. The third-order valence-corrected chi connectivity index (χ3v) is 4.40. The number of amides is 3. The predicted molar refractivity (Wildman–Crippen MR) is 103 cm³/mol. The van der Waals surface area contributed by atoms with E-state index in [9.17, 15) is 14.4 Å². The third kappa shape index (κ3) is 3.55. The number of nitrogens with one attached hydrogen (secondary N) is 3. The van der Waals surface area contributed by atoms with E-state index in [-0.39, 0.29) is 11.4 Å². The van der Waals surface area contributed by atoms with E-state index >= 15 is 0 Å². The number of benzene rings is 1. The molecule has 1 aromatic carbocycles. The van der Waals surface area contributed by atoms with E-state index in [1.165, 1.54) is 11.6 Å². The van der Waals surface area contributed by atoms with Gasteiger partial charge in [0.25, 0.3) is 23.3 Å². The van der Waals surface area contributed by atoms with Crippen molar-refractivity contribution in [2.24, 2.45) is 0 Å². The van der Waals surface area contributed by atoms with Crippen LogP contribution in [0.3, 0.4) is 0 Å². The van der Waals surface area contributed by atoms with E-state index in [1.807, 2.05) is 13.8 Å². The van der Waals surface area contributed by atoms with Crippen LogP contribution in [0.2, 0.25) is 0 Å². The Morgan fingerprint density at radius 1 is 1.29 bits per heavy atom. The van der Waals surface area contributed by atoms with Gasteiger partial charge >= 0.3 is 0 Å². The van der Waals surface area contributed by atoms with Gasteiger partial charge in [-0.2, -0.15) is 5.10 Å². The van der Waals surface area contributed by atoms with Crippen molar-refractivity contribution in [3.8, 4) is 5.75 Å². The Kier molecular flexibility index (Phi) is 5.34. The Hall–Kier alpha value is -3.36. The number of aryl methyl sites for hydroxylation is 1. The number of carbonyl (C=O) groups excluding carboxylic acids is 3. The zero-order valence-electron chi connectivity index (χ0n) is 16.0. The number of ether oxygens (including phenoxy) is 1. The van der Waals surface area contributed by atoms with Crippen LogP contribution in [0.15, 0.2) is 30.5 Å². The summed E-state index contributed by atoms with van der Waals surface area (Å²) in [5, 5.41) is 12.2. The van der Waals surface area contributed by atoms with Crippen LogP contribution in [-0.2, 0) is 16.1 Å². The Bertz CT molecular complexity index is 923. The molecule has 3 rings (SSSR count). The van der Waals surface area contributed by atoms with Crippen LogP contribution in [0.25, 0.3) is 0 Å². The van der Waals surface area contributed by atoms with Crippen LogP contribution in [0.5, 0.6) is 5.75 Å². The van der Waals surface area contributed by atoms with Gasteiger partial charge in [0.15, 0.2) is 5.69 Å². The average Bonchev–Trinajstić information content (AvgIpc) is 3.10. The largest absolute Gasteiger partial charge is 0.466 e. The van der Waals surface area contributed by atoms with Gasteiger partial charge in [-0.1, -0.05) is 19.1 Å². The number of aromatic nitrogens is 2. The van der Waals surface area contributed by atoms with Crippen LogP contribution < -0.4 is 20.7 Å². The monoisotopic (exact) mass is 385 g/mol. The van der Waals surface area contributed by atoms with Crippen LogP contribution in [-0.4, -0.2) is 39.6 Å². The van der Waals surface area contributed by atoms with Crippen molar-refractivity contribution in [3.05, 3.63) is 36.2 Å². The third-order valence-electron chi connectivity index (χ3n) is 4.40. The van der Waals surface area contributed by atoms with Crippen molar-refractivity contribution in [2.75, 3.05) is 17.2 Å². The maximum Gasteiger partial charge on any atom is 0.278 e. The van der Waals surface area contributed by atoms with Gasteiger partial charge in [0.1, 0.15) is 5.75 Å². The van der Waals surface area contributed by atoms with Gasteiger partial charge in [0.2, 0.25) is 0 Å². The van der Waals surface area contributed by atoms with Crippen LogP contribution >= 0.6 is 0 Å². The summed E-state index contributed by atoms with van der Waals surface area (Å²) in [6.07, 6.45) is 2.32. The van der Waals surface area contributed by atoms with Gasteiger partial charge in [-0.15, -0.1) is 0 Å². The second kappa shape index (κ2) is 7.71. The van der Waals surface area contributed by atoms with E-state index in [4.69, 9.17) is 4.74 Å². The SMILES string of the molecule is CCCNC(=O)c1nn(CC)cc1NC(=O)C1(C)Oc2ccccc2NC1=O. The summed E-state index contributed by atoms with van der Waals surface area (Å²) in [5.41, 5.74) is -0.989. The van der Waals surface area contributed by atoms with Crippen molar-refractivity contribution in [3.63, 3.8) is 0 Å². The molecule has 1 aliphatic heterocycles. The standard InChI is InChI=1S/C19H23N5O4/c1-4-10-20-16(25)15-13(11-24(5-2)23-15)22-18(27)19(3)17(26)21-12-8-6-7-9-14(12)28-19/h6-9,11H,4-5,10H2,1-3H3,(H,20,25)(H,21,26)(H,22,27). The summed E-state index contributed by atoms with van der Waals surface area (Å²) in [4.78, 5) is 37.8. The molecule has 2 aromatic rings. The molecule has 0 spiro atoms. The highest BCUT2D eigenvalue weighted by molar-refractivity contribution is 6.19. The summed E-state index contributed by atoms with van der Waals surface area (Å²) in [6, 6.07) is 6.85. The van der Waals surface area contributed by atoms with E-state index in [0.717, 1.165) is 6.42 Å². The molecule has 148 valence electrons. The lowest BCUT2D eigenvalue weighted by Gasteiger charge is -2.33. The van der Waals surface area contributed by atoms with Crippen LogP contribution in [0, 0.1) is 0 Å². The Labute approximate surface area is 162 Å². The maximum absolute atomic E-state index is 12.9. The first-order valence-corrected chi connectivity index (χ1v) is 9.15. The van der Waals surface area contributed by atoms with Gasteiger partial charge in [0, 0.05) is 19.3 Å². The Balaban J connectivity index is 1.85. The molecule has 0 saturated heterocycles. The number of nitrogens with zero attached hydrogens (tertiary/aromatic N) is 2. The van der Waals surface area contributed by atoms with Gasteiger partial charge < -0.3 is 20.7 Å². The first kappa shape index (κ1) is 19.4. The summed E-state index contributed by atoms with van der Waals surface area (Å²) in [6.45, 7) is 6.19. The fourth-order valence-corrected chi connectivity index (χ4v) is 2.72. The number of rotatable bonds is 6. The van der Waals surface area contributed by atoms with Crippen molar-refractivity contribution in [1.29, 1.82) is 0 Å². The minimum atomic E-state index is -1.79. The van der Waals surface area contributed by atoms with E-state index < -0.39 is 23.3 Å². The minimum absolute atomic E-state index is 0.0869. The molecule has 0 aliphatic carbocycles. The number of hydrogen-bond acceptors (Lipinski definition) is 5. The Morgan fingerprint density at radius 2 is 2.04 bits per heavy atom. The molecular weight excluding hydrogens is 362 g/mol. The zero-order valence-corrected chi connectivity index (χ0v) is 16.0. The normalized spacial score (nSPS) is 17.9. The lowest BCUT2D eigenvalue weighted by atomic mass is 10.0. The summed E-state index contributed by atoms with van der Waals surface area (Å²) in [7, 11) is 0. The second-order valence-corrected chi connectivity index (χ2v) is 6.54. The van der Waals surface area contributed by atoms with Crippen LogP contribution in [0.1, 0.15) is 37.7 Å². The smallest absolute Gasteiger partial charge is 0.278 e. The molecule has 1 aliphatic rings. The minimum Gasteiger partial charge on any atom is -0.466 e. The molecule has 1 atom stereocenters. The average molecular weight is 385 g/mol. The molecule has 0 bridgehead atoms. The quantitative estimate of drug-likeness (QED) is 0.656. The molecule has 9 nitrogen and oxygen atoms in total. The number of anilines is 2. The second-order valence-electron chi connectivity index (χ2n) is 6.54. The highest BCUT2D eigenvalue weighted by Gasteiger charge is 2.47. The topological polar surface area (TPSA) is 114 Å². The number of para-hydroxylation sites is 2. The van der Waals surface area contributed by atoms with Crippen molar-refractivity contribution >= 4 is 29.1 Å². The molecule has 3 amide bonds. The summed E-state index contributed by atoms with van der Waals surface area (Å²) >= 11 is 0. The molecule has 0 radical (unpaired) electrons. The highest BCUT2D eigenvalue weighted by atomic mass is 16.5. The molecule has 1 unspecified atom stereocenters. The molecule has 0 fully saturated rings. The van der Waals surface area contributed by atoms with E-state index in [2.05, 4.69) is 21.0 Å². The number of hydrogen-bond donors (Lipinski definition) is 3. The maximum atomic E-state index is 12.9.